The number of hydrogen-bond acceptors (Lipinski definition) is 2. The van der Waals surface area contributed by atoms with Crippen molar-refractivity contribution in [3.8, 4) is 5.82 Å². The first kappa shape index (κ1) is 11.7. The summed E-state index contributed by atoms with van der Waals surface area (Å²) in [5.74, 6) is 0.673. The number of rotatable bonds is 1. The molecule has 0 aliphatic rings. The van der Waals surface area contributed by atoms with E-state index in [9.17, 15) is 0 Å². The van der Waals surface area contributed by atoms with Crippen LogP contribution in [0, 0.1) is 6.92 Å². The van der Waals surface area contributed by atoms with Crippen molar-refractivity contribution in [3.05, 3.63) is 41.3 Å². The van der Waals surface area contributed by atoms with Gasteiger partial charge < -0.3 is 0 Å². The van der Waals surface area contributed by atoms with Crippen molar-refractivity contribution in [1.82, 2.24) is 14.8 Å². The van der Waals surface area contributed by atoms with E-state index in [0.29, 0.717) is 10.8 Å². The van der Waals surface area contributed by atoms with E-state index in [4.69, 9.17) is 11.6 Å². The van der Waals surface area contributed by atoms with Crippen LogP contribution in [-0.2, 0) is 0 Å². The third kappa shape index (κ3) is 2.57. The summed E-state index contributed by atoms with van der Waals surface area (Å²) in [6.45, 7) is 5.94. The Balaban J connectivity index is 0.000000531. The predicted molar refractivity (Wildman–Crippen MR) is 62.5 cm³/mol. The van der Waals surface area contributed by atoms with Gasteiger partial charge in [0, 0.05) is 18.6 Å². The minimum atomic E-state index is 0.645. The molecule has 0 aromatic carbocycles. The average Bonchev–Trinajstić information content (AvgIpc) is 2.78. The molecule has 2 aromatic rings. The molecule has 0 aliphatic carbocycles. The van der Waals surface area contributed by atoms with Gasteiger partial charge in [-0.1, -0.05) is 25.4 Å². The standard InChI is InChI=1S/C9H8ClN3.C2H6/c1-7-3-5-11-9(8(7)10)13-6-2-4-12-13;1-2/h2-6H,1H3;1-2H3. The number of nitrogens with zero attached hydrogens (tertiary/aromatic N) is 3. The van der Waals surface area contributed by atoms with Crippen molar-refractivity contribution < 1.29 is 0 Å². The highest BCUT2D eigenvalue weighted by molar-refractivity contribution is 6.32. The first-order valence-corrected chi connectivity index (χ1v) is 5.28. The molecule has 0 saturated carbocycles. The van der Waals surface area contributed by atoms with Gasteiger partial charge in [0.25, 0.3) is 0 Å². The lowest BCUT2D eigenvalue weighted by atomic mass is 10.3. The molecule has 3 nitrogen and oxygen atoms in total. The fraction of sp³-hybridized carbons (Fsp3) is 0.273. The minimum absolute atomic E-state index is 0.645. The van der Waals surface area contributed by atoms with E-state index in [2.05, 4.69) is 10.1 Å². The van der Waals surface area contributed by atoms with Gasteiger partial charge in [-0.25, -0.2) is 9.67 Å². The molecule has 0 spiro atoms. The fourth-order valence-corrected chi connectivity index (χ4v) is 1.28. The van der Waals surface area contributed by atoms with E-state index in [1.165, 1.54) is 0 Å². The van der Waals surface area contributed by atoms with Crippen molar-refractivity contribution >= 4 is 11.6 Å². The lowest BCUT2D eigenvalue weighted by Crippen LogP contribution is -1.99. The SMILES string of the molecule is CC.Cc1ccnc(-n2cccn2)c1Cl. The smallest absolute Gasteiger partial charge is 0.172 e. The topological polar surface area (TPSA) is 30.7 Å². The number of aromatic nitrogens is 3. The third-order valence-electron chi connectivity index (χ3n) is 1.79. The van der Waals surface area contributed by atoms with E-state index < -0.39 is 0 Å². The maximum absolute atomic E-state index is 6.06. The third-order valence-corrected chi connectivity index (χ3v) is 2.25. The molecule has 0 fully saturated rings. The molecule has 0 N–H and O–H groups in total. The van der Waals surface area contributed by atoms with E-state index in [1.54, 1.807) is 17.1 Å². The zero-order valence-corrected chi connectivity index (χ0v) is 9.86. The van der Waals surface area contributed by atoms with Crippen LogP contribution in [0.4, 0.5) is 0 Å². The molecule has 4 heteroatoms. The van der Waals surface area contributed by atoms with E-state index in [0.717, 1.165) is 5.56 Å². The first-order valence-electron chi connectivity index (χ1n) is 4.90. The van der Waals surface area contributed by atoms with Crippen LogP contribution < -0.4 is 0 Å². The number of aryl methyl sites for hydroxylation is 1. The highest BCUT2D eigenvalue weighted by Crippen LogP contribution is 2.20. The quantitative estimate of drug-likeness (QED) is 0.743. The summed E-state index contributed by atoms with van der Waals surface area (Å²) >= 11 is 6.06. The largest absolute Gasteiger partial charge is 0.236 e. The fourth-order valence-electron chi connectivity index (χ4n) is 1.08. The van der Waals surface area contributed by atoms with Gasteiger partial charge in [0.1, 0.15) is 0 Å². The second-order valence-electron chi connectivity index (χ2n) is 2.72. The Labute approximate surface area is 94.7 Å². The molecule has 0 amide bonds. The van der Waals surface area contributed by atoms with Crippen LogP contribution >= 0.6 is 11.6 Å². The van der Waals surface area contributed by atoms with Crippen LogP contribution in [0.5, 0.6) is 0 Å². The summed E-state index contributed by atoms with van der Waals surface area (Å²) in [4.78, 5) is 4.15. The molecule has 2 aromatic heterocycles. The van der Waals surface area contributed by atoms with Crippen molar-refractivity contribution in [2.75, 3.05) is 0 Å². The van der Waals surface area contributed by atoms with Crippen molar-refractivity contribution in [3.63, 3.8) is 0 Å². The summed E-state index contributed by atoms with van der Waals surface area (Å²) in [6, 6.07) is 3.70. The summed E-state index contributed by atoms with van der Waals surface area (Å²) in [6.07, 6.45) is 5.23. The van der Waals surface area contributed by atoms with Crippen LogP contribution in [0.15, 0.2) is 30.7 Å². The molecule has 0 atom stereocenters. The summed E-state index contributed by atoms with van der Waals surface area (Å²) < 4.78 is 1.65. The lowest BCUT2D eigenvalue weighted by molar-refractivity contribution is 0.845. The molecule has 2 heterocycles. The number of halogens is 1. The van der Waals surface area contributed by atoms with E-state index in [1.807, 2.05) is 39.1 Å². The van der Waals surface area contributed by atoms with Gasteiger partial charge in [0.15, 0.2) is 5.82 Å². The molecule has 0 aliphatic heterocycles. The molecule has 2 rings (SSSR count). The molecule has 80 valence electrons. The van der Waals surface area contributed by atoms with Crippen molar-refractivity contribution in [2.24, 2.45) is 0 Å². The normalized spacial score (nSPS) is 9.33. The Bertz CT molecular complexity index is 410. The van der Waals surface area contributed by atoms with Gasteiger partial charge in [-0.2, -0.15) is 5.10 Å². The Morgan fingerprint density at radius 2 is 2.00 bits per heavy atom. The highest BCUT2D eigenvalue weighted by Gasteiger charge is 2.05. The molecule has 0 bridgehead atoms. The Kier molecular flexibility index (Phi) is 4.31. The molecular weight excluding hydrogens is 210 g/mol. The van der Waals surface area contributed by atoms with Crippen LogP contribution in [-0.4, -0.2) is 14.8 Å². The number of hydrogen-bond donors (Lipinski definition) is 0. The maximum atomic E-state index is 6.06. The Hall–Kier alpha value is -1.35. The average molecular weight is 224 g/mol. The molecule has 15 heavy (non-hydrogen) atoms. The van der Waals surface area contributed by atoms with E-state index >= 15 is 0 Å². The zero-order valence-electron chi connectivity index (χ0n) is 9.11. The van der Waals surface area contributed by atoms with Gasteiger partial charge >= 0.3 is 0 Å². The van der Waals surface area contributed by atoms with Crippen LogP contribution in [0.25, 0.3) is 5.82 Å². The Morgan fingerprint density at radius 1 is 1.27 bits per heavy atom. The van der Waals surface area contributed by atoms with Gasteiger partial charge in [0.05, 0.1) is 5.02 Å². The van der Waals surface area contributed by atoms with Crippen LogP contribution in [0.2, 0.25) is 5.02 Å². The molecule has 0 saturated heterocycles. The predicted octanol–water partition coefficient (Wildman–Crippen LogP) is 3.26. The maximum Gasteiger partial charge on any atom is 0.172 e. The molecule has 0 unspecified atom stereocenters. The molecular formula is C11H14ClN3. The summed E-state index contributed by atoms with van der Waals surface area (Å²) in [5.41, 5.74) is 1.00. The second kappa shape index (κ2) is 5.51. The van der Waals surface area contributed by atoms with Gasteiger partial charge in [-0.3, -0.25) is 0 Å². The monoisotopic (exact) mass is 223 g/mol. The van der Waals surface area contributed by atoms with E-state index in [-0.39, 0.29) is 0 Å². The van der Waals surface area contributed by atoms with Crippen molar-refractivity contribution in [2.45, 2.75) is 20.8 Å². The van der Waals surface area contributed by atoms with Gasteiger partial charge in [0.2, 0.25) is 0 Å². The lowest BCUT2D eigenvalue weighted by Gasteiger charge is -2.04. The van der Waals surface area contributed by atoms with Gasteiger partial charge in [-0.05, 0) is 24.6 Å². The van der Waals surface area contributed by atoms with Crippen LogP contribution in [0.1, 0.15) is 19.4 Å². The molecule has 0 radical (unpaired) electrons. The second-order valence-corrected chi connectivity index (χ2v) is 3.09. The summed E-state index contributed by atoms with van der Waals surface area (Å²) in [7, 11) is 0. The van der Waals surface area contributed by atoms with Crippen molar-refractivity contribution in [1.29, 1.82) is 0 Å². The first-order chi connectivity index (χ1) is 7.29. The minimum Gasteiger partial charge on any atom is -0.236 e. The Morgan fingerprint density at radius 3 is 2.60 bits per heavy atom. The highest BCUT2D eigenvalue weighted by atomic mass is 35.5. The number of pyridine rings is 1. The van der Waals surface area contributed by atoms with Gasteiger partial charge in [-0.15, -0.1) is 0 Å². The van der Waals surface area contributed by atoms with Crippen LogP contribution in [0.3, 0.4) is 0 Å². The summed E-state index contributed by atoms with van der Waals surface area (Å²) in [5, 5.41) is 4.70. The zero-order chi connectivity index (χ0) is 11.3.